The summed E-state index contributed by atoms with van der Waals surface area (Å²) in [4.78, 5) is 38.4. The fraction of sp³-hybridized carbons (Fsp3) is 0.435. The van der Waals surface area contributed by atoms with E-state index in [1.165, 1.54) is 19.1 Å². The summed E-state index contributed by atoms with van der Waals surface area (Å²) < 4.78 is 10.4. The number of aliphatic hydroxyl groups is 1. The Morgan fingerprint density at radius 3 is 2.21 bits per heavy atom. The predicted molar refractivity (Wildman–Crippen MR) is 108 cm³/mol. The molecule has 0 amide bonds. The lowest BCUT2D eigenvalue weighted by atomic mass is 9.61. The maximum absolute atomic E-state index is 12.9. The molecule has 1 aliphatic carbocycles. The van der Waals surface area contributed by atoms with Gasteiger partial charge in [-0.05, 0) is 24.5 Å². The van der Waals surface area contributed by atoms with Crippen LogP contribution in [0, 0.1) is 11.8 Å². The third kappa shape index (κ3) is 5.01. The van der Waals surface area contributed by atoms with Crippen LogP contribution in [0.3, 0.4) is 0 Å². The molecule has 1 N–H and O–H groups in total. The topological polar surface area (TPSA) is 89.9 Å². The van der Waals surface area contributed by atoms with Crippen molar-refractivity contribution in [3.63, 3.8) is 0 Å². The lowest BCUT2D eigenvalue weighted by molar-refractivity contribution is -0.171. The minimum atomic E-state index is -1.67. The Hall–Kier alpha value is -2.73. The Balaban J connectivity index is 2.56. The van der Waals surface area contributed by atoms with E-state index in [4.69, 9.17) is 9.47 Å². The van der Waals surface area contributed by atoms with Crippen molar-refractivity contribution in [2.45, 2.75) is 38.2 Å². The molecule has 0 aliphatic heterocycles. The summed E-state index contributed by atoms with van der Waals surface area (Å²) in [7, 11) is 0. The molecule has 0 spiro atoms. The highest BCUT2D eigenvalue weighted by Gasteiger charge is 2.57. The second-order valence-corrected chi connectivity index (χ2v) is 7.41. The van der Waals surface area contributed by atoms with Gasteiger partial charge in [0.1, 0.15) is 19.1 Å². The summed E-state index contributed by atoms with van der Waals surface area (Å²) in [5.74, 6) is -5.14. The number of aryl methyl sites for hydroxylation is 1. The van der Waals surface area contributed by atoms with Gasteiger partial charge in [-0.3, -0.25) is 14.4 Å². The number of Topliss-reactive ketones (excluding diaryl/α,β-unsaturated/α-hetero) is 1. The van der Waals surface area contributed by atoms with Crippen molar-refractivity contribution >= 4 is 17.7 Å². The van der Waals surface area contributed by atoms with Crippen LogP contribution in [0.2, 0.25) is 0 Å². The van der Waals surface area contributed by atoms with Gasteiger partial charge in [-0.15, -0.1) is 0 Å². The van der Waals surface area contributed by atoms with Crippen LogP contribution in [0.5, 0.6) is 0 Å². The summed E-state index contributed by atoms with van der Waals surface area (Å²) in [5, 5.41) is 11.0. The van der Waals surface area contributed by atoms with Gasteiger partial charge in [0.2, 0.25) is 0 Å². The van der Waals surface area contributed by atoms with Gasteiger partial charge in [-0.25, -0.2) is 0 Å². The largest absolute Gasteiger partial charge is 0.461 e. The smallest absolute Gasteiger partial charge is 0.317 e. The molecule has 0 saturated heterocycles. The monoisotopic (exact) mass is 400 g/mol. The molecule has 1 aliphatic rings. The minimum Gasteiger partial charge on any atom is -0.461 e. The molecule has 0 heterocycles. The van der Waals surface area contributed by atoms with E-state index in [1.807, 2.05) is 19.1 Å². The Labute approximate surface area is 171 Å². The van der Waals surface area contributed by atoms with Gasteiger partial charge in [-0.1, -0.05) is 56.5 Å². The van der Waals surface area contributed by atoms with E-state index >= 15 is 0 Å². The summed E-state index contributed by atoms with van der Waals surface area (Å²) in [6.07, 6.45) is 3.29. The molecule has 0 radical (unpaired) electrons. The standard InChI is InChI=1S/C23H28O6/c1-5-12-28-21(25)19-17(24)14-23(4,27)20(22(26)29-13-6-2)18(19)16-10-8-15(7-3)9-11-16/h5-6,8-11,18-20,27H,1-2,7,12-14H2,3-4H3. The fourth-order valence-electron chi connectivity index (χ4n) is 3.85. The average molecular weight is 400 g/mol. The SMILES string of the molecule is C=CCOC(=O)C1C(=O)CC(C)(O)C(C(=O)OCC=C)C1c1ccc(CC)cc1. The van der Waals surface area contributed by atoms with Crippen molar-refractivity contribution < 1.29 is 29.0 Å². The zero-order valence-corrected chi connectivity index (χ0v) is 16.9. The van der Waals surface area contributed by atoms with Crippen molar-refractivity contribution in [3.8, 4) is 0 Å². The van der Waals surface area contributed by atoms with E-state index in [-0.39, 0.29) is 19.6 Å². The molecule has 1 saturated carbocycles. The van der Waals surface area contributed by atoms with Gasteiger partial charge in [0.15, 0.2) is 5.78 Å². The van der Waals surface area contributed by atoms with Gasteiger partial charge in [0.05, 0.1) is 11.5 Å². The zero-order chi connectivity index (χ0) is 21.6. The molecule has 1 fully saturated rings. The quantitative estimate of drug-likeness (QED) is 0.410. The first-order valence-electron chi connectivity index (χ1n) is 9.65. The first-order chi connectivity index (χ1) is 13.8. The number of ketones is 1. The maximum atomic E-state index is 12.9. The first kappa shape index (κ1) is 22.6. The number of carbonyl (C=O) groups is 3. The van der Waals surface area contributed by atoms with Crippen molar-refractivity contribution in [3.05, 3.63) is 60.7 Å². The molecule has 156 valence electrons. The highest BCUT2D eigenvalue weighted by molar-refractivity contribution is 6.02. The predicted octanol–water partition coefficient (Wildman–Crippen LogP) is 2.75. The van der Waals surface area contributed by atoms with Gasteiger partial charge >= 0.3 is 11.9 Å². The lowest BCUT2D eigenvalue weighted by Crippen LogP contribution is -2.55. The van der Waals surface area contributed by atoms with Gasteiger partial charge in [0.25, 0.3) is 0 Å². The van der Waals surface area contributed by atoms with E-state index in [1.54, 1.807) is 12.1 Å². The number of rotatable bonds is 8. The molecule has 2 rings (SSSR count). The molecule has 6 heteroatoms. The van der Waals surface area contributed by atoms with Crippen LogP contribution < -0.4 is 0 Å². The fourth-order valence-corrected chi connectivity index (χ4v) is 3.85. The van der Waals surface area contributed by atoms with Crippen molar-refractivity contribution in [1.29, 1.82) is 0 Å². The summed E-state index contributed by atoms with van der Waals surface area (Å²) in [6, 6.07) is 7.31. The van der Waals surface area contributed by atoms with Crippen LogP contribution >= 0.6 is 0 Å². The number of benzene rings is 1. The number of hydrogen-bond acceptors (Lipinski definition) is 6. The summed E-state index contributed by atoms with van der Waals surface area (Å²) >= 11 is 0. The molecule has 6 nitrogen and oxygen atoms in total. The molecular formula is C23H28O6. The third-order valence-electron chi connectivity index (χ3n) is 5.23. The van der Waals surface area contributed by atoms with E-state index in [0.29, 0.717) is 5.56 Å². The van der Waals surface area contributed by atoms with Crippen molar-refractivity contribution in [1.82, 2.24) is 0 Å². The highest BCUT2D eigenvalue weighted by Crippen LogP contribution is 2.46. The number of esters is 2. The summed E-state index contributed by atoms with van der Waals surface area (Å²) in [6.45, 7) is 10.4. The molecule has 4 atom stereocenters. The van der Waals surface area contributed by atoms with Crippen LogP contribution in [0.15, 0.2) is 49.6 Å². The lowest BCUT2D eigenvalue weighted by Gasteiger charge is -2.43. The van der Waals surface area contributed by atoms with Gasteiger partial charge in [-0.2, -0.15) is 0 Å². The Kier molecular flexibility index (Phi) is 7.51. The van der Waals surface area contributed by atoms with Gasteiger partial charge in [0, 0.05) is 12.3 Å². The van der Waals surface area contributed by atoms with E-state index in [2.05, 4.69) is 13.2 Å². The van der Waals surface area contributed by atoms with E-state index in [0.717, 1.165) is 12.0 Å². The van der Waals surface area contributed by atoms with Crippen LogP contribution in [-0.4, -0.2) is 41.6 Å². The normalized spacial score (nSPS) is 26.4. The molecular weight excluding hydrogens is 372 g/mol. The second kappa shape index (κ2) is 9.65. The molecule has 1 aromatic rings. The summed E-state index contributed by atoms with van der Waals surface area (Å²) in [5.41, 5.74) is -0.00519. The maximum Gasteiger partial charge on any atom is 0.317 e. The van der Waals surface area contributed by atoms with Crippen LogP contribution in [0.4, 0.5) is 0 Å². The van der Waals surface area contributed by atoms with Gasteiger partial charge < -0.3 is 14.6 Å². The van der Waals surface area contributed by atoms with Crippen molar-refractivity contribution in [2.24, 2.45) is 11.8 Å². The molecule has 0 aromatic heterocycles. The number of hydrogen-bond donors (Lipinski definition) is 1. The first-order valence-corrected chi connectivity index (χ1v) is 9.65. The Morgan fingerprint density at radius 2 is 1.69 bits per heavy atom. The van der Waals surface area contributed by atoms with E-state index < -0.39 is 41.1 Å². The second-order valence-electron chi connectivity index (χ2n) is 7.41. The highest BCUT2D eigenvalue weighted by atomic mass is 16.5. The molecule has 4 unspecified atom stereocenters. The Bertz CT molecular complexity index is 777. The van der Waals surface area contributed by atoms with Crippen LogP contribution in [0.1, 0.15) is 37.3 Å². The number of ether oxygens (including phenoxy) is 2. The Morgan fingerprint density at radius 1 is 1.14 bits per heavy atom. The van der Waals surface area contributed by atoms with Crippen molar-refractivity contribution in [2.75, 3.05) is 13.2 Å². The third-order valence-corrected chi connectivity index (χ3v) is 5.23. The van der Waals surface area contributed by atoms with Crippen LogP contribution in [0.25, 0.3) is 0 Å². The zero-order valence-electron chi connectivity index (χ0n) is 16.9. The van der Waals surface area contributed by atoms with E-state index in [9.17, 15) is 19.5 Å². The molecule has 1 aromatic carbocycles. The minimum absolute atomic E-state index is 0.0353. The molecule has 29 heavy (non-hydrogen) atoms. The molecule has 0 bridgehead atoms. The van der Waals surface area contributed by atoms with Crippen LogP contribution in [-0.2, 0) is 30.3 Å². The average Bonchev–Trinajstić information content (AvgIpc) is 2.69. The number of carbonyl (C=O) groups excluding carboxylic acids is 3.